The van der Waals surface area contributed by atoms with Gasteiger partial charge in [0, 0.05) is 62.7 Å². The molecule has 2 aromatic heterocycles. The van der Waals surface area contributed by atoms with E-state index in [0.29, 0.717) is 32.3 Å². The first kappa shape index (κ1) is 19.8. The molecule has 2 fully saturated rings. The summed E-state index contributed by atoms with van der Waals surface area (Å²) in [6.45, 7) is 6.40. The fourth-order valence-electron chi connectivity index (χ4n) is 4.83. The summed E-state index contributed by atoms with van der Waals surface area (Å²) in [7, 11) is 0. The van der Waals surface area contributed by atoms with Crippen molar-refractivity contribution in [1.29, 1.82) is 0 Å². The van der Waals surface area contributed by atoms with Crippen molar-refractivity contribution >= 4 is 5.95 Å². The van der Waals surface area contributed by atoms with Gasteiger partial charge in [-0.1, -0.05) is 6.07 Å². The van der Waals surface area contributed by atoms with E-state index in [1.807, 2.05) is 30.3 Å². The maximum Gasteiger partial charge on any atom is 0.251 e. The Hall–Kier alpha value is -2.19. The van der Waals surface area contributed by atoms with Gasteiger partial charge in [0.25, 0.3) is 5.92 Å². The van der Waals surface area contributed by atoms with Gasteiger partial charge in [-0.15, -0.1) is 0 Å². The molecule has 3 aliphatic rings. The highest BCUT2D eigenvalue weighted by Gasteiger charge is 2.45. The molecule has 30 heavy (non-hydrogen) atoms. The lowest BCUT2D eigenvalue weighted by Crippen LogP contribution is -2.43. The lowest BCUT2D eigenvalue weighted by Gasteiger charge is -2.36. The molecular weight excluding hydrogens is 388 g/mol. The van der Waals surface area contributed by atoms with Crippen LogP contribution in [0.4, 0.5) is 14.7 Å². The number of ether oxygens (including phenoxy) is 1. The van der Waals surface area contributed by atoms with Gasteiger partial charge in [-0.2, -0.15) is 0 Å². The molecule has 0 amide bonds. The molecule has 2 saturated heterocycles. The van der Waals surface area contributed by atoms with Crippen LogP contribution in [0.3, 0.4) is 0 Å². The van der Waals surface area contributed by atoms with Gasteiger partial charge in [-0.25, -0.2) is 18.7 Å². The highest BCUT2D eigenvalue weighted by Crippen LogP contribution is 2.40. The Morgan fingerprint density at radius 1 is 1.07 bits per heavy atom. The molecule has 6 nitrogen and oxygen atoms in total. The third-order valence-electron chi connectivity index (χ3n) is 6.58. The van der Waals surface area contributed by atoms with Gasteiger partial charge >= 0.3 is 0 Å². The summed E-state index contributed by atoms with van der Waals surface area (Å²) in [5, 5.41) is 0. The van der Waals surface area contributed by atoms with Crippen LogP contribution in [-0.2, 0) is 23.3 Å². The van der Waals surface area contributed by atoms with Crippen LogP contribution in [0.5, 0.6) is 0 Å². The van der Waals surface area contributed by atoms with E-state index in [0.717, 1.165) is 43.0 Å². The fourth-order valence-corrected chi connectivity index (χ4v) is 4.83. The van der Waals surface area contributed by atoms with Gasteiger partial charge < -0.3 is 9.64 Å². The number of hydrogen-bond donors (Lipinski definition) is 0. The summed E-state index contributed by atoms with van der Waals surface area (Å²) >= 11 is 0. The zero-order chi connectivity index (χ0) is 20.8. The third-order valence-corrected chi connectivity index (χ3v) is 6.58. The summed E-state index contributed by atoms with van der Waals surface area (Å²) in [6, 6.07) is 4.17. The molecule has 1 spiro atoms. The number of anilines is 1. The number of halogens is 2. The van der Waals surface area contributed by atoms with Gasteiger partial charge in [0.1, 0.15) is 0 Å². The Kier molecular flexibility index (Phi) is 4.94. The monoisotopic (exact) mass is 415 g/mol. The second kappa shape index (κ2) is 7.50. The Balaban J connectivity index is 1.36. The van der Waals surface area contributed by atoms with Crippen molar-refractivity contribution in [1.82, 2.24) is 19.9 Å². The summed E-state index contributed by atoms with van der Waals surface area (Å²) in [6.07, 6.45) is 4.46. The molecule has 2 aromatic rings. The molecule has 0 aliphatic carbocycles. The predicted octanol–water partition coefficient (Wildman–Crippen LogP) is 3.09. The van der Waals surface area contributed by atoms with Gasteiger partial charge in [-0.3, -0.25) is 9.88 Å². The number of aromatic nitrogens is 3. The molecule has 5 heterocycles. The van der Waals surface area contributed by atoms with Gasteiger partial charge in [-0.05, 0) is 31.5 Å². The molecule has 160 valence electrons. The van der Waals surface area contributed by atoms with Crippen LogP contribution in [0.25, 0.3) is 0 Å². The van der Waals surface area contributed by atoms with Crippen molar-refractivity contribution in [2.45, 2.75) is 50.7 Å². The maximum atomic E-state index is 13.6. The number of fused-ring (bicyclic) bond motifs is 2. The molecule has 1 unspecified atom stereocenters. The van der Waals surface area contributed by atoms with Crippen LogP contribution in [-0.4, -0.2) is 58.6 Å². The van der Waals surface area contributed by atoms with Crippen molar-refractivity contribution in [3.63, 3.8) is 0 Å². The topological polar surface area (TPSA) is 54.4 Å². The van der Waals surface area contributed by atoms with Crippen LogP contribution in [0.15, 0.2) is 24.5 Å². The van der Waals surface area contributed by atoms with Crippen molar-refractivity contribution in [2.24, 2.45) is 0 Å². The van der Waals surface area contributed by atoms with E-state index in [4.69, 9.17) is 9.72 Å². The average Bonchev–Trinajstić information content (AvgIpc) is 3.13. The molecule has 0 radical (unpaired) electrons. The summed E-state index contributed by atoms with van der Waals surface area (Å²) < 4.78 is 33.0. The highest BCUT2D eigenvalue weighted by molar-refractivity contribution is 5.39. The van der Waals surface area contributed by atoms with Crippen molar-refractivity contribution < 1.29 is 13.5 Å². The number of rotatable bonds is 3. The number of hydrogen-bond acceptors (Lipinski definition) is 6. The van der Waals surface area contributed by atoms with Crippen molar-refractivity contribution in [2.75, 3.05) is 37.7 Å². The van der Waals surface area contributed by atoms with E-state index < -0.39 is 5.92 Å². The van der Waals surface area contributed by atoms with Crippen molar-refractivity contribution in [3.05, 3.63) is 47.0 Å². The minimum Gasteiger partial charge on any atom is -0.376 e. The van der Waals surface area contributed by atoms with E-state index in [-0.39, 0.29) is 18.3 Å². The minimum absolute atomic E-state index is 0.139. The molecule has 1 atom stereocenters. The molecule has 0 bridgehead atoms. The summed E-state index contributed by atoms with van der Waals surface area (Å²) in [5.74, 6) is -2.00. The SMILES string of the molecule is Cc1ccc(CN2CCC3(COCc4cnc(N5CCC(F)(F)CC5)nc43)C2)cn1. The first-order valence-corrected chi connectivity index (χ1v) is 10.6. The minimum atomic E-state index is -2.57. The third kappa shape index (κ3) is 3.78. The zero-order valence-corrected chi connectivity index (χ0v) is 17.3. The number of piperidine rings is 1. The van der Waals surface area contributed by atoms with Gasteiger partial charge in [0.2, 0.25) is 5.95 Å². The number of pyridine rings is 1. The van der Waals surface area contributed by atoms with Gasteiger partial charge in [0.15, 0.2) is 0 Å². The Bertz CT molecular complexity index is 912. The zero-order valence-electron chi connectivity index (χ0n) is 17.3. The predicted molar refractivity (Wildman–Crippen MR) is 109 cm³/mol. The smallest absolute Gasteiger partial charge is 0.251 e. The molecular formula is C22H27F2N5O. The molecule has 0 aromatic carbocycles. The van der Waals surface area contributed by atoms with Crippen molar-refractivity contribution in [3.8, 4) is 0 Å². The summed E-state index contributed by atoms with van der Waals surface area (Å²) in [4.78, 5) is 18.1. The second-order valence-corrected chi connectivity index (χ2v) is 8.93. The Morgan fingerprint density at radius 2 is 1.90 bits per heavy atom. The molecule has 0 N–H and O–H groups in total. The van der Waals surface area contributed by atoms with Crippen LogP contribution in [0.1, 0.15) is 41.8 Å². The molecule has 5 rings (SSSR count). The number of nitrogens with zero attached hydrogens (tertiary/aromatic N) is 5. The lowest BCUT2D eigenvalue weighted by molar-refractivity contribution is -0.0223. The van der Waals surface area contributed by atoms with E-state index in [2.05, 4.69) is 20.9 Å². The second-order valence-electron chi connectivity index (χ2n) is 8.93. The van der Waals surface area contributed by atoms with Crippen LogP contribution in [0, 0.1) is 6.92 Å². The quantitative estimate of drug-likeness (QED) is 0.768. The van der Waals surface area contributed by atoms with Crippen LogP contribution in [0.2, 0.25) is 0 Å². The number of likely N-dealkylation sites (tertiary alicyclic amines) is 1. The van der Waals surface area contributed by atoms with E-state index in [1.165, 1.54) is 5.56 Å². The maximum absolute atomic E-state index is 13.6. The average molecular weight is 415 g/mol. The van der Waals surface area contributed by atoms with E-state index in [9.17, 15) is 8.78 Å². The normalized spacial score (nSPS) is 26.2. The Labute approximate surface area is 175 Å². The molecule has 0 saturated carbocycles. The van der Waals surface area contributed by atoms with Crippen LogP contribution < -0.4 is 4.90 Å². The standard InChI is InChI=1S/C22H27F2N5O/c1-16-2-3-17(10-25-16)12-28-7-4-21(14-28)15-30-13-18-11-26-20(27-19(18)21)29-8-5-22(23,24)6-9-29/h2-3,10-11H,4-9,12-15H2,1H3. The highest BCUT2D eigenvalue weighted by atomic mass is 19.3. The Morgan fingerprint density at radius 3 is 2.67 bits per heavy atom. The van der Waals surface area contributed by atoms with Crippen LogP contribution >= 0.6 is 0 Å². The van der Waals surface area contributed by atoms with E-state index >= 15 is 0 Å². The first-order valence-electron chi connectivity index (χ1n) is 10.6. The van der Waals surface area contributed by atoms with E-state index in [1.54, 1.807) is 0 Å². The molecule has 3 aliphatic heterocycles. The first-order chi connectivity index (χ1) is 14.4. The largest absolute Gasteiger partial charge is 0.376 e. The summed E-state index contributed by atoms with van der Waals surface area (Å²) in [5.41, 5.74) is 4.12. The van der Waals surface area contributed by atoms with Gasteiger partial charge in [0.05, 0.1) is 24.3 Å². The fraction of sp³-hybridized carbons (Fsp3) is 0.591. The number of alkyl halides is 2. The molecule has 8 heteroatoms. The lowest BCUT2D eigenvalue weighted by atomic mass is 9.80. The number of aryl methyl sites for hydroxylation is 1.